The van der Waals surface area contributed by atoms with Gasteiger partial charge in [0.25, 0.3) is 0 Å². The molecule has 0 aromatic rings. The second-order valence-electron chi connectivity index (χ2n) is 2.16. The van der Waals surface area contributed by atoms with Gasteiger partial charge in [-0.25, -0.2) is 8.78 Å². The molecule has 0 bridgehead atoms. The lowest BCUT2D eigenvalue weighted by Crippen LogP contribution is -2.13. The van der Waals surface area contributed by atoms with Crippen molar-refractivity contribution < 1.29 is 8.78 Å². The monoisotopic (exact) mass is 174 g/mol. The van der Waals surface area contributed by atoms with Gasteiger partial charge in [-0.05, 0) is 6.92 Å². The van der Waals surface area contributed by atoms with Gasteiger partial charge in [-0.3, -0.25) is 0 Å². The van der Waals surface area contributed by atoms with Crippen LogP contribution in [0, 0.1) is 0 Å². The van der Waals surface area contributed by atoms with Crippen molar-refractivity contribution in [2.24, 2.45) is 5.73 Å². The second kappa shape index (κ2) is 4.54. The standard InChI is InChI=1S/C8H12F2N2/c1-4-12-6(3)8(10)7(9)5(2)11/h12H,2-4,11H2,1H3/b8-7-. The average Bonchev–Trinajstić information content (AvgIpc) is 2.02. The molecule has 0 aromatic heterocycles. The first-order valence-electron chi connectivity index (χ1n) is 3.43. The van der Waals surface area contributed by atoms with Crippen LogP contribution in [-0.2, 0) is 0 Å². The van der Waals surface area contributed by atoms with Crippen LogP contribution in [0.3, 0.4) is 0 Å². The van der Waals surface area contributed by atoms with Gasteiger partial charge < -0.3 is 11.1 Å². The molecule has 0 aromatic carbocycles. The van der Waals surface area contributed by atoms with Crippen LogP contribution in [0.25, 0.3) is 0 Å². The summed E-state index contributed by atoms with van der Waals surface area (Å²) in [5.41, 5.74) is 4.37. The Morgan fingerprint density at radius 1 is 1.33 bits per heavy atom. The zero-order valence-corrected chi connectivity index (χ0v) is 6.95. The van der Waals surface area contributed by atoms with Crippen molar-refractivity contribution in [3.05, 3.63) is 36.2 Å². The zero-order chi connectivity index (χ0) is 9.72. The van der Waals surface area contributed by atoms with E-state index in [1.165, 1.54) is 0 Å². The van der Waals surface area contributed by atoms with Gasteiger partial charge in [0.1, 0.15) is 0 Å². The van der Waals surface area contributed by atoms with Crippen LogP contribution in [0.5, 0.6) is 0 Å². The molecule has 0 unspecified atom stereocenters. The van der Waals surface area contributed by atoms with E-state index in [1.807, 2.05) is 0 Å². The molecule has 0 rings (SSSR count). The highest BCUT2D eigenvalue weighted by Gasteiger charge is 2.09. The molecule has 68 valence electrons. The van der Waals surface area contributed by atoms with Gasteiger partial charge >= 0.3 is 0 Å². The van der Waals surface area contributed by atoms with Crippen LogP contribution in [-0.4, -0.2) is 6.54 Å². The van der Waals surface area contributed by atoms with E-state index >= 15 is 0 Å². The minimum Gasteiger partial charge on any atom is -0.397 e. The van der Waals surface area contributed by atoms with Crippen molar-refractivity contribution in [2.75, 3.05) is 6.54 Å². The molecule has 0 aliphatic carbocycles. The number of halogens is 2. The van der Waals surface area contributed by atoms with Gasteiger partial charge in [0, 0.05) is 6.54 Å². The van der Waals surface area contributed by atoms with E-state index in [0.29, 0.717) is 6.54 Å². The molecule has 0 aliphatic heterocycles. The molecule has 4 heteroatoms. The molecule has 0 saturated carbocycles. The minimum atomic E-state index is -1.17. The molecule has 0 saturated heterocycles. The van der Waals surface area contributed by atoms with Crippen molar-refractivity contribution in [2.45, 2.75) is 6.92 Å². The van der Waals surface area contributed by atoms with Crippen molar-refractivity contribution in [3.8, 4) is 0 Å². The van der Waals surface area contributed by atoms with Gasteiger partial charge in [-0.1, -0.05) is 13.2 Å². The molecule has 3 N–H and O–H groups in total. The van der Waals surface area contributed by atoms with Crippen molar-refractivity contribution in [1.29, 1.82) is 0 Å². The first-order valence-corrected chi connectivity index (χ1v) is 3.43. The predicted molar refractivity (Wildman–Crippen MR) is 45.4 cm³/mol. The van der Waals surface area contributed by atoms with Crippen LogP contribution in [0.15, 0.2) is 36.2 Å². The van der Waals surface area contributed by atoms with Crippen molar-refractivity contribution in [3.63, 3.8) is 0 Å². The lowest BCUT2D eigenvalue weighted by molar-refractivity contribution is 0.542. The molecule has 0 heterocycles. The Bertz CT molecular complexity index is 231. The summed E-state index contributed by atoms with van der Waals surface area (Å²) in [7, 11) is 0. The van der Waals surface area contributed by atoms with Gasteiger partial charge in [-0.15, -0.1) is 0 Å². The van der Waals surface area contributed by atoms with Gasteiger partial charge in [0.2, 0.25) is 0 Å². The summed E-state index contributed by atoms with van der Waals surface area (Å²) < 4.78 is 25.5. The predicted octanol–water partition coefficient (Wildman–Crippen LogP) is 1.73. The van der Waals surface area contributed by atoms with E-state index < -0.39 is 17.4 Å². The molecule has 2 nitrogen and oxygen atoms in total. The van der Waals surface area contributed by atoms with Gasteiger partial charge in [-0.2, -0.15) is 0 Å². The van der Waals surface area contributed by atoms with Crippen LogP contribution in [0.1, 0.15) is 6.92 Å². The summed E-state index contributed by atoms with van der Waals surface area (Å²) in [4.78, 5) is 0. The molecule has 0 fully saturated rings. The molecular weight excluding hydrogens is 162 g/mol. The van der Waals surface area contributed by atoms with Crippen LogP contribution in [0.2, 0.25) is 0 Å². The fraction of sp³-hybridized carbons (Fsp3) is 0.250. The maximum absolute atomic E-state index is 12.8. The third kappa shape index (κ3) is 2.74. The SMILES string of the molecule is C=C(N)/C(F)=C(/F)C(=C)NCC. The molecule has 0 spiro atoms. The number of likely N-dealkylation sites (N-methyl/N-ethyl adjacent to an activating group) is 1. The van der Waals surface area contributed by atoms with Crippen LogP contribution >= 0.6 is 0 Å². The largest absolute Gasteiger partial charge is 0.397 e. The number of hydrogen-bond donors (Lipinski definition) is 2. The fourth-order valence-corrected chi connectivity index (χ4v) is 0.564. The number of nitrogens with one attached hydrogen (secondary N) is 1. The Hall–Kier alpha value is -1.32. The first-order chi connectivity index (χ1) is 5.50. The lowest BCUT2D eigenvalue weighted by Gasteiger charge is -2.05. The average molecular weight is 174 g/mol. The Morgan fingerprint density at radius 3 is 2.17 bits per heavy atom. The molecular formula is C8H12F2N2. The normalized spacial score (nSPS) is 11.9. The third-order valence-electron chi connectivity index (χ3n) is 1.13. The highest BCUT2D eigenvalue weighted by atomic mass is 19.2. The Labute approximate surface area is 70.4 Å². The molecule has 0 radical (unpaired) electrons. The summed E-state index contributed by atoms with van der Waals surface area (Å²) in [6.45, 7) is 8.53. The first kappa shape index (κ1) is 10.7. The molecule has 0 aliphatic rings. The van der Waals surface area contributed by atoms with E-state index in [-0.39, 0.29) is 5.70 Å². The van der Waals surface area contributed by atoms with E-state index in [0.717, 1.165) is 0 Å². The summed E-state index contributed by atoms with van der Waals surface area (Å²) in [6.07, 6.45) is 0. The zero-order valence-electron chi connectivity index (χ0n) is 6.95. The summed E-state index contributed by atoms with van der Waals surface area (Å²) >= 11 is 0. The smallest absolute Gasteiger partial charge is 0.183 e. The fourth-order valence-electron chi connectivity index (χ4n) is 0.564. The topological polar surface area (TPSA) is 38.0 Å². The Kier molecular flexibility index (Phi) is 4.04. The Balaban J connectivity index is 4.55. The number of allylic oxidation sites excluding steroid dienone is 2. The summed E-state index contributed by atoms with van der Waals surface area (Å²) in [6, 6.07) is 0. The quantitative estimate of drug-likeness (QED) is 0.637. The highest BCUT2D eigenvalue weighted by molar-refractivity contribution is 5.32. The third-order valence-corrected chi connectivity index (χ3v) is 1.13. The number of rotatable bonds is 4. The van der Waals surface area contributed by atoms with Crippen molar-refractivity contribution in [1.82, 2.24) is 5.32 Å². The Morgan fingerprint density at radius 2 is 1.83 bits per heavy atom. The highest BCUT2D eigenvalue weighted by Crippen LogP contribution is 2.17. The molecule has 0 amide bonds. The lowest BCUT2D eigenvalue weighted by atomic mass is 10.3. The van der Waals surface area contributed by atoms with E-state index in [2.05, 4.69) is 18.5 Å². The molecule has 0 atom stereocenters. The van der Waals surface area contributed by atoms with Crippen LogP contribution < -0.4 is 11.1 Å². The van der Waals surface area contributed by atoms with Crippen molar-refractivity contribution >= 4 is 0 Å². The maximum Gasteiger partial charge on any atom is 0.183 e. The van der Waals surface area contributed by atoms with E-state index in [9.17, 15) is 8.78 Å². The summed E-state index contributed by atoms with van der Waals surface area (Å²) in [5, 5.41) is 2.52. The van der Waals surface area contributed by atoms with E-state index in [1.54, 1.807) is 6.92 Å². The minimum absolute atomic E-state index is 0.124. The van der Waals surface area contributed by atoms with Gasteiger partial charge in [0.05, 0.1) is 11.4 Å². The van der Waals surface area contributed by atoms with E-state index in [4.69, 9.17) is 5.73 Å². The van der Waals surface area contributed by atoms with Crippen LogP contribution in [0.4, 0.5) is 8.78 Å². The van der Waals surface area contributed by atoms with Gasteiger partial charge in [0.15, 0.2) is 11.7 Å². The number of hydrogen-bond acceptors (Lipinski definition) is 2. The molecule has 12 heavy (non-hydrogen) atoms. The summed E-state index contributed by atoms with van der Waals surface area (Å²) in [5.74, 6) is -2.26. The number of nitrogens with two attached hydrogens (primary N) is 1. The maximum atomic E-state index is 12.8. The second-order valence-corrected chi connectivity index (χ2v) is 2.16.